The number of rotatable bonds is 5. The van der Waals surface area contributed by atoms with E-state index in [0.29, 0.717) is 12.2 Å². The summed E-state index contributed by atoms with van der Waals surface area (Å²) in [6.07, 6.45) is 0. The zero-order chi connectivity index (χ0) is 17.1. The molecule has 0 bridgehead atoms. The number of nitrogens with zero attached hydrogens (tertiary/aromatic N) is 2. The van der Waals surface area contributed by atoms with Crippen LogP contribution in [0.4, 0.5) is 10.5 Å². The van der Waals surface area contributed by atoms with Crippen molar-refractivity contribution in [3.05, 3.63) is 52.2 Å². The Labute approximate surface area is 143 Å². The highest BCUT2D eigenvalue weighted by Gasteiger charge is 2.37. The Hall–Kier alpha value is -2.67. The lowest BCUT2D eigenvalue weighted by atomic mass is 10.3. The van der Waals surface area contributed by atoms with Gasteiger partial charge in [-0.2, -0.15) is 0 Å². The van der Waals surface area contributed by atoms with Crippen molar-refractivity contribution < 1.29 is 14.4 Å². The van der Waals surface area contributed by atoms with Gasteiger partial charge in [-0.1, -0.05) is 18.2 Å². The predicted molar refractivity (Wildman–Crippen MR) is 91.8 cm³/mol. The van der Waals surface area contributed by atoms with Crippen molar-refractivity contribution in [3.8, 4) is 0 Å². The molecule has 1 fully saturated rings. The summed E-state index contributed by atoms with van der Waals surface area (Å²) < 4.78 is 0. The Balaban J connectivity index is 1.60. The van der Waals surface area contributed by atoms with Crippen LogP contribution in [0, 0.1) is 6.92 Å². The van der Waals surface area contributed by atoms with Gasteiger partial charge in [0.2, 0.25) is 5.91 Å². The van der Waals surface area contributed by atoms with Gasteiger partial charge in [0.05, 0.1) is 6.54 Å². The molecule has 24 heavy (non-hydrogen) atoms. The topological polar surface area (TPSA) is 69.7 Å². The molecule has 2 aromatic rings. The zero-order valence-electron chi connectivity index (χ0n) is 13.2. The maximum absolute atomic E-state index is 12.4. The second-order valence-corrected chi connectivity index (χ2v) is 6.49. The van der Waals surface area contributed by atoms with Gasteiger partial charge in [0.25, 0.3) is 5.91 Å². The number of thiophene rings is 1. The van der Waals surface area contributed by atoms with Gasteiger partial charge in [0.1, 0.15) is 13.1 Å². The summed E-state index contributed by atoms with van der Waals surface area (Å²) in [5, 5.41) is 4.72. The maximum Gasteiger partial charge on any atom is 0.332 e. The number of carbonyl (C=O) groups is 3. The zero-order valence-corrected chi connectivity index (χ0v) is 14.0. The first-order valence-corrected chi connectivity index (χ1v) is 8.41. The number of para-hydroxylation sites is 1. The molecule has 0 radical (unpaired) electrons. The van der Waals surface area contributed by atoms with Gasteiger partial charge >= 0.3 is 6.03 Å². The molecule has 6 nitrogen and oxygen atoms in total. The van der Waals surface area contributed by atoms with Crippen molar-refractivity contribution in [3.63, 3.8) is 0 Å². The monoisotopic (exact) mass is 343 g/mol. The number of amides is 4. The van der Waals surface area contributed by atoms with Crippen molar-refractivity contribution in [2.45, 2.75) is 13.5 Å². The number of hydrogen-bond donors (Lipinski definition) is 1. The quantitative estimate of drug-likeness (QED) is 0.846. The van der Waals surface area contributed by atoms with Gasteiger partial charge < -0.3 is 5.32 Å². The summed E-state index contributed by atoms with van der Waals surface area (Å²) in [6.45, 7) is 2.08. The van der Waals surface area contributed by atoms with E-state index >= 15 is 0 Å². The number of benzene rings is 1. The molecule has 1 aromatic heterocycles. The minimum Gasteiger partial charge on any atom is -0.350 e. The first-order chi connectivity index (χ1) is 11.6. The predicted octanol–water partition coefficient (Wildman–Crippen LogP) is 2.14. The normalized spacial score (nSPS) is 14.4. The van der Waals surface area contributed by atoms with Crippen LogP contribution in [-0.2, 0) is 16.1 Å². The second kappa shape index (κ2) is 6.84. The number of anilines is 1. The standard InChI is InChI=1S/C17H17N3O3S/c1-12-7-8-24-14(12)9-18-15(21)10-20-16(22)11-19(17(20)23)13-5-3-2-4-6-13/h2-8H,9-11H2,1H3,(H,18,21). The summed E-state index contributed by atoms with van der Waals surface area (Å²) in [7, 11) is 0. The van der Waals surface area contributed by atoms with E-state index in [9.17, 15) is 14.4 Å². The molecule has 3 rings (SSSR count). The highest BCUT2D eigenvalue weighted by atomic mass is 32.1. The van der Waals surface area contributed by atoms with Crippen LogP contribution >= 0.6 is 11.3 Å². The summed E-state index contributed by atoms with van der Waals surface area (Å²) in [5.74, 6) is -0.717. The van der Waals surface area contributed by atoms with Crippen molar-refractivity contribution >= 4 is 34.9 Å². The molecule has 1 aliphatic heterocycles. The average molecular weight is 343 g/mol. The van der Waals surface area contributed by atoms with Crippen LogP contribution in [0.3, 0.4) is 0 Å². The number of urea groups is 1. The van der Waals surface area contributed by atoms with E-state index in [1.807, 2.05) is 24.4 Å². The van der Waals surface area contributed by atoms with Crippen LogP contribution in [0.1, 0.15) is 10.4 Å². The molecule has 124 valence electrons. The molecule has 0 aliphatic carbocycles. The first kappa shape index (κ1) is 16.2. The fourth-order valence-corrected chi connectivity index (χ4v) is 3.32. The van der Waals surface area contributed by atoms with Crippen molar-refractivity contribution in [1.29, 1.82) is 0 Å². The molecule has 7 heteroatoms. The van der Waals surface area contributed by atoms with Crippen LogP contribution in [0.15, 0.2) is 41.8 Å². The lowest BCUT2D eigenvalue weighted by Gasteiger charge is -2.16. The Morgan fingerprint density at radius 2 is 1.96 bits per heavy atom. The van der Waals surface area contributed by atoms with E-state index < -0.39 is 6.03 Å². The van der Waals surface area contributed by atoms with Crippen molar-refractivity contribution in [2.75, 3.05) is 18.0 Å². The number of imide groups is 1. The lowest BCUT2D eigenvalue weighted by molar-refractivity contribution is -0.130. The summed E-state index contributed by atoms with van der Waals surface area (Å²) >= 11 is 1.56. The number of hydrogen-bond acceptors (Lipinski definition) is 4. The molecular formula is C17H17N3O3S. The van der Waals surface area contributed by atoms with Crippen LogP contribution in [0.25, 0.3) is 0 Å². The highest BCUT2D eigenvalue weighted by Crippen LogP contribution is 2.20. The largest absolute Gasteiger partial charge is 0.350 e. The van der Waals surface area contributed by atoms with Gasteiger partial charge in [-0.05, 0) is 36.1 Å². The Bertz CT molecular complexity index is 772. The molecule has 1 aromatic carbocycles. The smallest absolute Gasteiger partial charge is 0.332 e. The summed E-state index contributed by atoms with van der Waals surface area (Å²) in [6, 6.07) is 10.5. The van der Waals surface area contributed by atoms with E-state index in [2.05, 4.69) is 5.32 Å². The Kier molecular flexibility index (Phi) is 4.61. The molecule has 0 saturated carbocycles. The second-order valence-electron chi connectivity index (χ2n) is 5.49. The number of aryl methyl sites for hydroxylation is 1. The Morgan fingerprint density at radius 1 is 1.21 bits per heavy atom. The lowest BCUT2D eigenvalue weighted by Crippen LogP contribution is -2.41. The molecule has 1 aliphatic rings. The van der Waals surface area contributed by atoms with Crippen LogP contribution in [0.2, 0.25) is 0 Å². The van der Waals surface area contributed by atoms with Crippen LogP contribution < -0.4 is 10.2 Å². The minimum atomic E-state index is -0.464. The van der Waals surface area contributed by atoms with Crippen LogP contribution in [0.5, 0.6) is 0 Å². The third kappa shape index (κ3) is 3.30. The minimum absolute atomic E-state index is 0.0415. The Morgan fingerprint density at radius 3 is 2.62 bits per heavy atom. The fourth-order valence-electron chi connectivity index (χ4n) is 2.47. The SMILES string of the molecule is Cc1ccsc1CNC(=O)CN1C(=O)CN(c2ccccc2)C1=O. The molecular weight excluding hydrogens is 326 g/mol. The number of nitrogens with one attached hydrogen (secondary N) is 1. The fraction of sp³-hybridized carbons (Fsp3) is 0.235. The number of carbonyl (C=O) groups excluding carboxylic acids is 3. The summed E-state index contributed by atoms with van der Waals surface area (Å²) in [5.41, 5.74) is 1.76. The van der Waals surface area contributed by atoms with Crippen molar-refractivity contribution in [1.82, 2.24) is 10.2 Å². The molecule has 0 unspecified atom stereocenters. The van der Waals surface area contributed by atoms with Crippen molar-refractivity contribution in [2.24, 2.45) is 0 Å². The first-order valence-electron chi connectivity index (χ1n) is 7.53. The third-order valence-corrected chi connectivity index (χ3v) is 4.86. The maximum atomic E-state index is 12.4. The van der Waals surface area contributed by atoms with Crippen LogP contribution in [-0.4, -0.2) is 35.8 Å². The van der Waals surface area contributed by atoms with Gasteiger partial charge in [-0.25, -0.2) is 4.79 Å². The highest BCUT2D eigenvalue weighted by molar-refractivity contribution is 7.10. The van der Waals surface area contributed by atoms with Gasteiger partial charge in [-0.3, -0.25) is 19.4 Å². The van der Waals surface area contributed by atoms with E-state index in [1.165, 1.54) is 4.90 Å². The molecule has 2 heterocycles. The van der Waals surface area contributed by atoms with E-state index in [0.717, 1.165) is 15.3 Å². The van der Waals surface area contributed by atoms with E-state index in [-0.39, 0.29) is 24.9 Å². The molecule has 0 atom stereocenters. The third-order valence-electron chi connectivity index (χ3n) is 3.84. The van der Waals surface area contributed by atoms with Gasteiger partial charge in [0.15, 0.2) is 0 Å². The average Bonchev–Trinajstić information content (AvgIpc) is 3.11. The van der Waals surface area contributed by atoms with E-state index in [1.54, 1.807) is 35.6 Å². The molecule has 1 N–H and O–H groups in total. The molecule has 1 saturated heterocycles. The van der Waals surface area contributed by atoms with Gasteiger partial charge in [-0.15, -0.1) is 11.3 Å². The summed E-state index contributed by atoms with van der Waals surface area (Å²) in [4.78, 5) is 40.0. The molecule has 0 spiro atoms. The van der Waals surface area contributed by atoms with Gasteiger partial charge in [0, 0.05) is 10.6 Å². The van der Waals surface area contributed by atoms with E-state index in [4.69, 9.17) is 0 Å². The molecule has 4 amide bonds.